The molecule has 0 aromatic carbocycles. The molecule has 4 rings (SSSR count). The first-order valence-electron chi connectivity index (χ1n) is 9.85. The number of anilines is 1. The van der Waals surface area contributed by atoms with Crippen LogP contribution in [0, 0.1) is 6.92 Å². The van der Waals surface area contributed by atoms with E-state index in [1.165, 1.54) is 11.3 Å². The number of aryl methyl sites for hydroxylation is 1. The molecule has 152 valence electrons. The van der Waals surface area contributed by atoms with Crippen molar-refractivity contribution in [3.63, 3.8) is 0 Å². The van der Waals surface area contributed by atoms with E-state index < -0.39 is 0 Å². The molecule has 29 heavy (non-hydrogen) atoms. The van der Waals surface area contributed by atoms with Crippen molar-refractivity contribution in [2.45, 2.75) is 52.5 Å². The van der Waals surface area contributed by atoms with Crippen molar-refractivity contribution in [2.24, 2.45) is 0 Å². The van der Waals surface area contributed by atoms with Crippen LogP contribution in [0.2, 0.25) is 0 Å². The van der Waals surface area contributed by atoms with Gasteiger partial charge in [-0.2, -0.15) is 5.10 Å². The second-order valence-electron chi connectivity index (χ2n) is 7.56. The third kappa shape index (κ3) is 3.64. The van der Waals surface area contributed by atoms with Crippen molar-refractivity contribution in [3.05, 3.63) is 40.0 Å². The van der Waals surface area contributed by atoms with Gasteiger partial charge in [-0.05, 0) is 63.5 Å². The van der Waals surface area contributed by atoms with Gasteiger partial charge in [-0.3, -0.25) is 4.79 Å². The number of nitrogens with one attached hydrogen (secondary N) is 1. The fraction of sp³-hybridized carbons (Fsp3) is 0.429. The molecule has 0 spiro atoms. The molecular weight excluding hydrogens is 388 g/mol. The van der Waals surface area contributed by atoms with E-state index in [2.05, 4.69) is 15.4 Å². The van der Waals surface area contributed by atoms with Crippen LogP contribution in [0.4, 0.5) is 5.00 Å². The highest BCUT2D eigenvalue weighted by atomic mass is 32.1. The zero-order valence-electron chi connectivity index (χ0n) is 17.0. The molecule has 3 aromatic rings. The van der Waals surface area contributed by atoms with Crippen LogP contribution in [0.3, 0.4) is 0 Å². The Kier molecular flexibility index (Phi) is 5.12. The average Bonchev–Trinajstić information content (AvgIpc) is 3.30. The average molecular weight is 413 g/mol. The molecule has 0 atom stereocenters. The summed E-state index contributed by atoms with van der Waals surface area (Å²) in [5.74, 6) is -0.281. The molecule has 0 aliphatic heterocycles. The number of thiophene rings is 1. The number of esters is 1. The van der Waals surface area contributed by atoms with Crippen molar-refractivity contribution in [1.82, 2.24) is 14.8 Å². The molecule has 1 aliphatic rings. The Morgan fingerprint density at radius 3 is 2.79 bits per heavy atom. The predicted octanol–water partition coefficient (Wildman–Crippen LogP) is 4.69. The maximum absolute atomic E-state index is 13.0. The molecule has 3 heterocycles. The van der Waals surface area contributed by atoms with Crippen molar-refractivity contribution in [2.75, 3.05) is 11.9 Å². The van der Waals surface area contributed by atoms with Crippen molar-refractivity contribution >= 4 is 39.2 Å². The minimum absolute atomic E-state index is 0.179. The van der Waals surface area contributed by atoms with E-state index in [9.17, 15) is 9.59 Å². The fourth-order valence-electron chi connectivity index (χ4n) is 3.42. The molecule has 0 radical (unpaired) electrons. The summed E-state index contributed by atoms with van der Waals surface area (Å²) in [6, 6.07) is 1.98. The summed E-state index contributed by atoms with van der Waals surface area (Å²) in [5.41, 5.74) is 3.32. The zero-order chi connectivity index (χ0) is 20.7. The molecule has 0 bridgehead atoms. The fourth-order valence-corrected chi connectivity index (χ4v) is 4.44. The van der Waals surface area contributed by atoms with Gasteiger partial charge in [0.25, 0.3) is 5.91 Å². The summed E-state index contributed by atoms with van der Waals surface area (Å²) in [4.78, 5) is 30.1. The van der Waals surface area contributed by atoms with Gasteiger partial charge in [0.1, 0.15) is 5.00 Å². The number of pyridine rings is 1. The molecule has 8 heteroatoms. The Bertz CT molecular complexity index is 1090. The first-order valence-corrected chi connectivity index (χ1v) is 10.7. The molecule has 1 aliphatic carbocycles. The summed E-state index contributed by atoms with van der Waals surface area (Å²) in [6.45, 7) is 7.96. The molecular formula is C21H24N4O3S. The lowest BCUT2D eigenvalue weighted by Gasteiger charge is -2.11. The van der Waals surface area contributed by atoms with Gasteiger partial charge >= 0.3 is 5.97 Å². The third-order valence-electron chi connectivity index (χ3n) is 5.04. The van der Waals surface area contributed by atoms with Crippen molar-refractivity contribution in [3.8, 4) is 0 Å². The summed E-state index contributed by atoms with van der Waals surface area (Å²) in [7, 11) is 0. The van der Waals surface area contributed by atoms with Gasteiger partial charge in [-0.25, -0.2) is 14.5 Å². The lowest BCUT2D eigenvalue weighted by molar-refractivity contribution is 0.0527. The normalized spacial score (nSPS) is 13.8. The van der Waals surface area contributed by atoms with Gasteiger partial charge in [0.15, 0.2) is 5.65 Å². The number of carbonyl (C=O) groups is 2. The van der Waals surface area contributed by atoms with Gasteiger partial charge in [0.05, 0.1) is 29.6 Å². The number of fused-ring (bicyclic) bond motifs is 1. The maximum Gasteiger partial charge on any atom is 0.341 e. The topological polar surface area (TPSA) is 86.1 Å². The number of hydrogen-bond acceptors (Lipinski definition) is 6. The number of rotatable bonds is 6. The molecule has 0 saturated heterocycles. The molecule has 3 aromatic heterocycles. The van der Waals surface area contributed by atoms with Gasteiger partial charge in [-0.15, -0.1) is 11.3 Å². The lowest BCUT2D eigenvalue weighted by atomic mass is 10.1. The Morgan fingerprint density at radius 2 is 2.14 bits per heavy atom. The Morgan fingerprint density at radius 1 is 1.38 bits per heavy atom. The van der Waals surface area contributed by atoms with E-state index in [1.54, 1.807) is 19.2 Å². The van der Waals surface area contributed by atoms with Crippen LogP contribution >= 0.6 is 11.3 Å². The maximum atomic E-state index is 13.0. The smallest absolute Gasteiger partial charge is 0.341 e. The third-order valence-corrected chi connectivity index (χ3v) is 5.95. The first kappa shape index (κ1) is 19.6. The summed E-state index contributed by atoms with van der Waals surface area (Å²) < 4.78 is 7.07. The largest absolute Gasteiger partial charge is 0.462 e. The molecule has 0 unspecified atom stereocenters. The second kappa shape index (κ2) is 7.59. The molecule has 7 nitrogen and oxygen atoms in total. The first-order chi connectivity index (χ1) is 13.9. The number of amides is 1. The van der Waals surface area contributed by atoms with Gasteiger partial charge in [0.2, 0.25) is 0 Å². The minimum Gasteiger partial charge on any atom is -0.462 e. The van der Waals surface area contributed by atoms with E-state index in [-0.39, 0.29) is 17.9 Å². The molecule has 1 N–H and O–H groups in total. The Balaban J connectivity index is 1.66. The van der Waals surface area contributed by atoms with Gasteiger partial charge < -0.3 is 10.1 Å². The van der Waals surface area contributed by atoms with E-state index in [0.717, 1.165) is 29.4 Å². The summed E-state index contributed by atoms with van der Waals surface area (Å²) in [5, 5.41) is 10.6. The van der Waals surface area contributed by atoms with Crippen LogP contribution in [0.1, 0.15) is 77.5 Å². The Hall–Kier alpha value is -2.74. The van der Waals surface area contributed by atoms with Crippen LogP contribution in [-0.4, -0.2) is 33.2 Å². The van der Waals surface area contributed by atoms with Crippen LogP contribution in [0.25, 0.3) is 11.0 Å². The number of ether oxygens (including phenoxy) is 1. The standard InChI is InChI=1S/C21H24N4O3S/c1-5-28-21(27)17-16(13-6-7-13)10-29-20(17)24-19(26)15-8-14-9-22-25(11(2)3)18(14)23-12(15)4/h8-11,13H,5-7H2,1-4H3,(H,24,26). The van der Waals surface area contributed by atoms with E-state index >= 15 is 0 Å². The monoisotopic (exact) mass is 412 g/mol. The van der Waals surface area contributed by atoms with Crippen molar-refractivity contribution in [1.29, 1.82) is 0 Å². The van der Waals surface area contributed by atoms with Crippen molar-refractivity contribution < 1.29 is 14.3 Å². The zero-order valence-corrected chi connectivity index (χ0v) is 17.8. The minimum atomic E-state index is -0.380. The Labute approximate surface area is 173 Å². The van der Waals surface area contributed by atoms with Gasteiger partial charge in [0, 0.05) is 11.4 Å². The number of hydrogen-bond donors (Lipinski definition) is 1. The SMILES string of the molecule is CCOC(=O)c1c(C2CC2)csc1NC(=O)c1cc2cnn(C(C)C)c2nc1C. The highest BCUT2D eigenvalue weighted by Crippen LogP contribution is 2.46. The second-order valence-corrected chi connectivity index (χ2v) is 8.44. The number of carbonyl (C=O) groups excluding carboxylic acids is 2. The number of nitrogens with zero attached hydrogens (tertiary/aromatic N) is 3. The van der Waals surface area contributed by atoms with E-state index in [4.69, 9.17) is 4.74 Å². The highest BCUT2D eigenvalue weighted by molar-refractivity contribution is 7.15. The quantitative estimate of drug-likeness (QED) is 0.594. The van der Waals surface area contributed by atoms with Crippen LogP contribution in [0.15, 0.2) is 17.6 Å². The molecule has 1 amide bonds. The van der Waals surface area contributed by atoms with E-state index in [1.807, 2.05) is 30.8 Å². The van der Waals surface area contributed by atoms with Crippen LogP contribution in [-0.2, 0) is 4.74 Å². The van der Waals surface area contributed by atoms with Crippen LogP contribution in [0.5, 0.6) is 0 Å². The lowest BCUT2D eigenvalue weighted by Crippen LogP contribution is -2.17. The van der Waals surface area contributed by atoms with E-state index in [0.29, 0.717) is 34.3 Å². The van der Waals surface area contributed by atoms with Crippen LogP contribution < -0.4 is 5.32 Å². The number of aromatic nitrogens is 3. The molecule has 1 fully saturated rings. The summed E-state index contributed by atoms with van der Waals surface area (Å²) >= 11 is 1.37. The summed E-state index contributed by atoms with van der Waals surface area (Å²) in [6.07, 6.45) is 3.85. The highest BCUT2D eigenvalue weighted by Gasteiger charge is 2.32. The predicted molar refractivity (Wildman–Crippen MR) is 113 cm³/mol. The van der Waals surface area contributed by atoms with Gasteiger partial charge in [-0.1, -0.05) is 0 Å². The molecule has 1 saturated carbocycles.